The number of carbonyl (C=O) groups is 2. The minimum atomic E-state index is -2.87. The second-order valence-corrected chi connectivity index (χ2v) is 8.02. The summed E-state index contributed by atoms with van der Waals surface area (Å²) in [5.41, 5.74) is 3.59. The van der Waals surface area contributed by atoms with Crippen LogP contribution in [0, 0.1) is 6.92 Å². The van der Waals surface area contributed by atoms with E-state index in [-0.39, 0.29) is 24.2 Å². The van der Waals surface area contributed by atoms with Crippen LogP contribution in [-0.2, 0) is 4.79 Å². The van der Waals surface area contributed by atoms with Crippen LogP contribution in [0.2, 0.25) is 0 Å². The second kappa shape index (κ2) is 10.3. The average Bonchev–Trinajstić information content (AvgIpc) is 2.83. The number of nitrogens with zero attached hydrogens (tertiary/aromatic N) is 4. The molecule has 0 unspecified atom stereocenters. The van der Waals surface area contributed by atoms with Crippen LogP contribution in [0.3, 0.4) is 0 Å². The van der Waals surface area contributed by atoms with Gasteiger partial charge in [0.2, 0.25) is 11.9 Å². The molecule has 0 saturated carbocycles. The predicted octanol–water partition coefficient (Wildman–Crippen LogP) is 4.10. The molecule has 1 saturated heterocycles. The van der Waals surface area contributed by atoms with Crippen molar-refractivity contribution in [3.8, 4) is 16.9 Å². The summed E-state index contributed by atoms with van der Waals surface area (Å²) >= 11 is 0. The Morgan fingerprint density at radius 3 is 2.43 bits per heavy atom. The van der Waals surface area contributed by atoms with Crippen molar-refractivity contribution in [1.82, 2.24) is 19.8 Å². The highest BCUT2D eigenvalue weighted by molar-refractivity contribution is 5.94. The van der Waals surface area contributed by atoms with Gasteiger partial charge in [-0.2, -0.15) is 8.78 Å². The number of carbonyl (C=O) groups excluding carboxylic acids is 2. The molecule has 0 bridgehead atoms. The quantitative estimate of drug-likeness (QED) is 0.549. The number of nitrogens with one attached hydrogen (secondary N) is 2. The molecule has 0 aliphatic carbocycles. The maximum Gasteiger partial charge on any atom is 0.387 e. The molecule has 1 aromatic heterocycles. The number of amides is 3. The van der Waals surface area contributed by atoms with E-state index in [1.807, 2.05) is 19.1 Å². The van der Waals surface area contributed by atoms with Crippen molar-refractivity contribution >= 4 is 29.3 Å². The van der Waals surface area contributed by atoms with Gasteiger partial charge < -0.3 is 25.2 Å². The minimum Gasteiger partial charge on any atom is -0.435 e. The van der Waals surface area contributed by atoms with Crippen LogP contribution in [-0.4, -0.2) is 65.0 Å². The monoisotopic (exact) mass is 482 g/mol. The summed E-state index contributed by atoms with van der Waals surface area (Å²) in [5, 5.41) is 5.96. The standard InChI is InChI=1S/C24H24F2N6O3/c1-15-3-6-18(11-20(15)30-24(34)32-10-9-31(2)21(33)14-32)29-23-27-12-17(13-28-23)16-4-7-19(8-5-16)35-22(25)26/h3-8,11-13,22H,9-10,14H2,1-2H3,(H,30,34)(H,27,28,29). The highest BCUT2D eigenvalue weighted by Crippen LogP contribution is 2.25. The summed E-state index contributed by atoms with van der Waals surface area (Å²) in [6, 6.07) is 11.3. The van der Waals surface area contributed by atoms with Crippen molar-refractivity contribution in [2.24, 2.45) is 0 Å². The van der Waals surface area contributed by atoms with Crippen molar-refractivity contribution in [2.75, 3.05) is 37.3 Å². The predicted molar refractivity (Wildman–Crippen MR) is 127 cm³/mol. The van der Waals surface area contributed by atoms with Gasteiger partial charge in [-0.25, -0.2) is 14.8 Å². The molecule has 1 aliphatic heterocycles. The number of benzene rings is 2. The SMILES string of the molecule is Cc1ccc(Nc2ncc(-c3ccc(OC(F)F)cc3)cn2)cc1NC(=O)N1CCN(C)C(=O)C1. The number of hydrogen-bond acceptors (Lipinski definition) is 6. The zero-order valence-corrected chi connectivity index (χ0v) is 19.2. The van der Waals surface area contributed by atoms with Crippen molar-refractivity contribution in [2.45, 2.75) is 13.5 Å². The Hall–Kier alpha value is -4.28. The number of aromatic nitrogens is 2. The minimum absolute atomic E-state index is 0.0431. The molecule has 9 nitrogen and oxygen atoms in total. The molecule has 0 radical (unpaired) electrons. The number of rotatable bonds is 6. The summed E-state index contributed by atoms with van der Waals surface area (Å²) in [6.07, 6.45) is 3.22. The lowest BCUT2D eigenvalue weighted by molar-refractivity contribution is -0.133. The van der Waals surface area contributed by atoms with E-state index < -0.39 is 6.61 Å². The molecule has 1 aliphatic rings. The molecule has 35 heavy (non-hydrogen) atoms. The van der Waals surface area contributed by atoms with Gasteiger partial charge in [0, 0.05) is 49.5 Å². The molecule has 11 heteroatoms. The van der Waals surface area contributed by atoms with Gasteiger partial charge in [0.15, 0.2) is 0 Å². The maximum atomic E-state index is 12.6. The molecule has 3 aromatic rings. The molecule has 0 atom stereocenters. The first-order valence-corrected chi connectivity index (χ1v) is 10.8. The van der Waals surface area contributed by atoms with E-state index in [4.69, 9.17) is 0 Å². The smallest absolute Gasteiger partial charge is 0.387 e. The largest absolute Gasteiger partial charge is 0.435 e. The number of hydrogen-bond donors (Lipinski definition) is 2. The third-order valence-electron chi connectivity index (χ3n) is 5.54. The van der Waals surface area contributed by atoms with Gasteiger partial charge in [0.25, 0.3) is 0 Å². The summed E-state index contributed by atoms with van der Waals surface area (Å²) in [5.74, 6) is 0.318. The number of piperazine rings is 1. The van der Waals surface area contributed by atoms with Crippen LogP contribution in [0.1, 0.15) is 5.56 Å². The lowest BCUT2D eigenvalue weighted by Gasteiger charge is -2.32. The van der Waals surface area contributed by atoms with Gasteiger partial charge in [-0.15, -0.1) is 0 Å². The third-order valence-corrected chi connectivity index (χ3v) is 5.54. The molecule has 3 amide bonds. The first-order chi connectivity index (χ1) is 16.8. The van der Waals surface area contributed by atoms with E-state index in [1.54, 1.807) is 42.5 Å². The van der Waals surface area contributed by atoms with Gasteiger partial charge in [-0.1, -0.05) is 18.2 Å². The molecular weight excluding hydrogens is 458 g/mol. The fraction of sp³-hybridized carbons (Fsp3) is 0.250. The molecule has 2 heterocycles. The Balaban J connectivity index is 1.41. The fourth-order valence-electron chi connectivity index (χ4n) is 3.46. The summed E-state index contributed by atoms with van der Waals surface area (Å²) < 4.78 is 29.0. The van der Waals surface area contributed by atoms with Crippen molar-refractivity contribution < 1.29 is 23.1 Å². The van der Waals surface area contributed by atoms with E-state index in [9.17, 15) is 18.4 Å². The molecule has 1 fully saturated rings. The van der Waals surface area contributed by atoms with Crippen LogP contribution < -0.4 is 15.4 Å². The summed E-state index contributed by atoms with van der Waals surface area (Å²) in [7, 11) is 1.72. The maximum absolute atomic E-state index is 12.6. The molecule has 0 spiro atoms. The summed E-state index contributed by atoms with van der Waals surface area (Å²) in [6.45, 7) is 0.000994. The van der Waals surface area contributed by atoms with E-state index in [1.165, 1.54) is 17.0 Å². The fourth-order valence-corrected chi connectivity index (χ4v) is 3.46. The first kappa shape index (κ1) is 23.9. The number of alkyl halides is 2. The molecule has 182 valence electrons. The molecule has 4 rings (SSSR count). The van der Waals surface area contributed by atoms with Gasteiger partial charge in [-0.05, 0) is 42.3 Å². The number of urea groups is 1. The van der Waals surface area contributed by atoms with Crippen LogP contribution >= 0.6 is 0 Å². The zero-order chi connectivity index (χ0) is 24.9. The van der Waals surface area contributed by atoms with E-state index >= 15 is 0 Å². The van der Waals surface area contributed by atoms with Crippen LogP contribution in [0.5, 0.6) is 5.75 Å². The van der Waals surface area contributed by atoms with Crippen LogP contribution in [0.15, 0.2) is 54.9 Å². The number of halogens is 2. The normalized spacial score (nSPS) is 13.7. The number of anilines is 3. The number of likely N-dealkylation sites (N-methyl/N-ethyl adjacent to an activating group) is 1. The second-order valence-electron chi connectivity index (χ2n) is 8.02. The van der Waals surface area contributed by atoms with Crippen molar-refractivity contribution in [3.63, 3.8) is 0 Å². The van der Waals surface area contributed by atoms with Crippen LogP contribution in [0.25, 0.3) is 11.1 Å². The number of ether oxygens (including phenoxy) is 1. The molecule has 2 N–H and O–H groups in total. The Morgan fingerprint density at radius 1 is 1.06 bits per heavy atom. The van der Waals surface area contributed by atoms with Crippen molar-refractivity contribution in [1.29, 1.82) is 0 Å². The van der Waals surface area contributed by atoms with E-state index in [0.29, 0.717) is 36.0 Å². The third kappa shape index (κ3) is 5.99. The highest BCUT2D eigenvalue weighted by atomic mass is 19.3. The summed E-state index contributed by atoms with van der Waals surface area (Å²) in [4.78, 5) is 36.2. The molecule has 2 aromatic carbocycles. The lowest BCUT2D eigenvalue weighted by Crippen LogP contribution is -2.51. The van der Waals surface area contributed by atoms with E-state index in [2.05, 4.69) is 25.3 Å². The Bertz CT molecular complexity index is 1200. The average molecular weight is 482 g/mol. The topological polar surface area (TPSA) is 99.7 Å². The first-order valence-electron chi connectivity index (χ1n) is 10.8. The van der Waals surface area contributed by atoms with E-state index in [0.717, 1.165) is 11.1 Å². The zero-order valence-electron chi connectivity index (χ0n) is 19.2. The van der Waals surface area contributed by atoms with Gasteiger partial charge in [0.1, 0.15) is 12.3 Å². The number of aryl methyl sites for hydroxylation is 1. The molecular formula is C24H24F2N6O3. The Kier molecular flexibility index (Phi) is 7.04. The highest BCUT2D eigenvalue weighted by Gasteiger charge is 2.25. The van der Waals surface area contributed by atoms with Crippen molar-refractivity contribution in [3.05, 3.63) is 60.4 Å². The Morgan fingerprint density at radius 2 is 1.77 bits per heavy atom. The van der Waals surface area contributed by atoms with Gasteiger partial charge in [-0.3, -0.25) is 4.79 Å². The van der Waals surface area contributed by atoms with Crippen LogP contribution in [0.4, 0.5) is 30.9 Å². The lowest BCUT2D eigenvalue weighted by atomic mass is 10.1. The Labute approximate surface area is 200 Å². The van der Waals surface area contributed by atoms with Gasteiger partial charge >= 0.3 is 12.6 Å². The van der Waals surface area contributed by atoms with Gasteiger partial charge in [0.05, 0.1) is 0 Å².